The van der Waals surface area contributed by atoms with E-state index in [4.69, 9.17) is 0 Å². The van der Waals surface area contributed by atoms with Crippen molar-refractivity contribution < 1.29 is 5.11 Å². The second-order valence-electron chi connectivity index (χ2n) is 3.92. The topological polar surface area (TPSA) is 53.7 Å². The van der Waals surface area contributed by atoms with Gasteiger partial charge in [0.1, 0.15) is 3.70 Å². The molecule has 2 aromatic rings. The molecule has 0 spiro atoms. The van der Waals surface area contributed by atoms with Crippen LogP contribution in [0.25, 0.3) is 4.96 Å². The summed E-state index contributed by atoms with van der Waals surface area (Å²) in [5.41, 5.74) is 0. The van der Waals surface area contributed by atoms with Gasteiger partial charge in [0.25, 0.3) is 0 Å². The van der Waals surface area contributed by atoms with Crippen LogP contribution in [0.15, 0.2) is 6.20 Å². The number of halogens is 1. The summed E-state index contributed by atoms with van der Waals surface area (Å²) in [6.07, 6.45) is 3.62. The summed E-state index contributed by atoms with van der Waals surface area (Å²) in [7, 11) is 0. The molecule has 1 N–H and O–H groups in total. The predicted molar refractivity (Wildman–Crippen MR) is 71.0 cm³/mol. The molecule has 0 saturated carbocycles. The Labute approximate surface area is 110 Å². The van der Waals surface area contributed by atoms with Gasteiger partial charge in [0, 0.05) is 13.1 Å². The van der Waals surface area contributed by atoms with Gasteiger partial charge in [-0.2, -0.15) is 0 Å². The number of aliphatic hydroxyl groups excluding tert-OH is 1. The molecule has 5 nitrogen and oxygen atoms in total. The average Bonchev–Trinajstić information content (AvgIpc) is 2.74. The third-order valence-electron chi connectivity index (χ3n) is 2.67. The molecule has 1 aliphatic heterocycles. The van der Waals surface area contributed by atoms with Gasteiger partial charge in [-0.1, -0.05) is 11.3 Å². The van der Waals surface area contributed by atoms with E-state index < -0.39 is 0 Å². The molecule has 0 aliphatic carbocycles. The molecule has 16 heavy (non-hydrogen) atoms. The van der Waals surface area contributed by atoms with E-state index in [0.29, 0.717) is 6.54 Å². The molecule has 0 radical (unpaired) electrons. The monoisotopic (exact) mass is 350 g/mol. The largest absolute Gasteiger partial charge is 0.391 e. The number of aliphatic hydroxyl groups is 1. The summed E-state index contributed by atoms with van der Waals surface area (Å²) in [5, 5.41) is 15.1. The Bertz CT molecular complexity index is 479. The Morgan fingerprint density at radius 1 is 1.56 bits per heavy atom. The summed E-state index contributed by atoms with van der Waals surface area (Å²) < 4.78 is 2.77. The van der Waals surface area contributed by atoms with Crippen LogP contribution in [0.3, 0.4) is 0 Å². The molecule has 0 aromatic carbocycles. The van der Waals surface area contributed by atoms with Crippen LogP contribution in [-0.4, -0.2) is 38.9 Å². The lowest BCUT2D eigenvalue weighted by Gasteiger charge is -2.29. The predicted octanol–water partition coefficient (Wildman–Crippen LogP) is 1.36. The molecule has 1 unspecified atom stereocenters. The van der Waals surface area contributed by atoms with E-state index in [1.165, 1.54) is 0 Å². The van der Waals surface area contributed by atoms with Crippen molar-refractivity contribution in [3.05, 3.63) is 9.90 Å². The van der Waals surface area contributed by atoms with Gasteiger partial charge in [-0.3, -0.25) is 0 Å². The molecule has 1 atom stereocenters. The van der Waals surface area contributed by atoms with Crippen molar-refractivity contribution in [2.45, 2.75) is 18.9 Å². The molecular formula is C9H11IN4OS. The Morgan fingerprint density at radius 3 is 3.19 bits per heavy atom. The van der Waals surface area contributed by atoms with Gasteiger partial charge < -0.3 is 10.0 Å². The van der Waals surface area contributed by atoms with Crippen LogP contribution in [0.4, 0.5) is 5.13 Å². The highest BCUT2D eigenvalue weighted by atomic mass is 127. The zero-order valence-corrected chi connectivity index (χ0v) is 11.5. The number of β-amino-alcohol motifs (C(OH)–C–C–N with tert-alkyl or cyclic N) is 1. The number of nitrogens with zero attached hydrogens (tertiary/aromatic N) is 4. The molecule has 0 amide bonds. The normalized spacial score (nSPS) is 21.9. The zero-order valence-electron chi connectivity index (χ0n) is 8.51. The quantitative estimate of drug-likeness (QED) is 0.790. The fourth-order valence-electron chi connectivity index (χ4n) is 1.92. The van der Waals surface area contributed by atoms with Gasteiger partial charge in [-0.05, 0) is 35.4 Å². The molecule has 3 rings (SSSR count). The highest BCUT2D eigenvalue weighted by Crippen LogP contribution is 2.26. The molecule has 1 aliphatic rings. The van der Waals surface area contributed by atoms with E-state index in [9.17, 15) is 5.11 Å². The second kappa shape index (κ2) is 4.11. The first-order chi connectivity index (χ1) is 7.72. The lowest BCUT2D eigenvalue weighted by molar-refractivity contribution is 0.154. The highest BCUT2D eigenvalue weighted by molar-refractivity contribution is 14.1. The minimum atomic E-state index is -0.217. The van der Waals surface area contributed by atoms with Crippen LogP contribution in [0.2, 0.25) is 0 Å². The first kappa shape index (κ1) is 10.7. The van der Waals surface area contributed by atoms with Crippen LogP contribution in [-0.2, 0) is 0 Å². The maximum absolute atomic E-state index is 9.62. The Kier molecular flexibility index (Phi) is 2.76. The number of hydrogen-bond donors (Lipinski definition) is 1. The van der Waals surface area contributed by atoms with E-state index >= 15 is 0 Å². The van der Waals surface area contributed by atoms with Crippen LogP contribution < -0.4 is 4.90 Å². The van der Waals surface area contributed by atoms with Crippen molar-refractivity contribution in [3.63, 3.8) is 0 Å². The maximum atomic E-state index is 9.62. The van der Waals surface area contributed by atoms with Gasteiger partial charge in [-0.15, -0.1) is 5.10 Å². The number of aromatic nitrogens is 3. The van der Waals surface area contributed by atoms with E-state index in [0.717, 1.165) is 33.2 Å². The van der Waals surface area contributed by atoms with Gasteiger partial charge in [-0.25, -0.2) is 9.50 Å². The van der Waals surface area contributed by atoms with Gasteiger partial charge >= 0.3 is 0 Å². The number of piperidine rings is 1. The standard InChI is InChI=1S/C9H11IN4OS/c10-7-5-14-8(11-7)16-9(12-14)13-3-1-2-6(15)4-13/h5-6,15H,1-4H2. The second-order valence-corrected chi connectivity index (χ2v) is 5.96. The number of anilines is 1. The summed E-state index contributed by atoms with van der Waals surface area (Å²) in [6, 6.07) is 0. The van der Waals surface area contributed by atoms with Gasteiger partial charge in [0.15, 0.2) is 0 Å². The van der Waals surface area contributed by atoms with E-state index in [2.05, 4.69) is 37.6 Å². The molecule has 1 saturated heterocycles. The minimum absolute atomic E-state index is 0.217. The lowest BCUT2D eigenvalue weighted by Crippen LogP contribution is -2.38. The maximum Gasteiger partial charge on any atom is 0.214 e. The minimum Gasteiger partial charge on any atom is -0.391 e. The van der Waals surface area contributed by atoms with E-state index in [1.807, 2.05) is 10.7 Å². The van der Waals surface area contributed by atoms with Crippen LogP contribution in [0.1, 0.15) is 12.8 Å². The Morgan fingerprint density at radius 2 is 2.44 bits per heavy atom. The molecule has 86 valence electrons. The molecule has 2 aromatic heterocycles. The van der Waals surface area contributed by atoms with Crippen molar-refractivity contribution in [1.29, 1.82) is 0 Å². The van der Waals surface area contributed by atoms with E-state index in [-0.39, 0.29) is 6.10 Å². The first-order valence-corrected chi connectivity index (χ1v) is 7.06. The number of hydrogen-bond acceptors (Lipinski definition) is 5. The SMILES string of the molecule is OC1CCCN(c2nn3cc(I)nc3s2)C1. The fraction of sp³-hybridized carbons (Fsp3) is 0.556. The fourth-order valence-corrected chi connectivity index (χ4v) is 3.49. The van der Waals surface area contributed by atoms with Crippen molar-refractivity contribution >= 4 is 44.0 Å². The Balaban J connectivity index is 1.90. The molecule has 1 fully saturated rings. The molecular weight excluding hydrogens is 339 g/mol. The summed E-state index contributed by atoms with van der Waals surface area (Å²) in [5.74, 6) is 0. The smallest absolute Gasteiger partial charge is 0.214 e. The van der Waals surface area contributed by atoms with Crippen molar-refractivity contribution in [1.82, 2.24) is 14.6 Å². The first-order valence-electron chi connectivity index (χ1n) is 5.17. The Hall–Kier alpha value is -0.410. The number of rotatable bonds is 1. The third-order valence-corrected chi connectivity index (χ3v) is 4.17. The lowest BCUT2D eigenvalue weighted by atomic mass is 10.1. The van der Waals surface area contributed by atoms with Crippen LogP contribution >= 0.6 is 33.9 Å². The number of fused-ring (bicyclic) bond motifs is 1. The summed E-state index contributed by atoms with van der Waals surface area (Å²) in [6.45, 7) is 1.67. The average molecular weight is 350 g/mol. The highest BCUT2D eigenvalue weighted by Gasteiger charge is 2.21. The van der Waals surface area contributed by atoms with E-state index in [1.54, 1.807) is 11.3 Å². The van der Waals surface area contributed by atoms with Crippen LogP contribution in [0, 0.1) is 3.70 Å². The third kappa shape index (κ3) is 1.91. The van der Waals surface area contributed by atoms with Crippen molar-refractivity contribution in [2.75, 3.05) is 18.0 Å². The van der Waals surface area contributed by atoms with Crippen LogP contribution in [0.5, 0.6) is 0 Å². The molecule has 0 bridgehead atoms. The summed E-state index contributed by atoms with van der Waals surface area (Å²) in [4.78, 5) is 7.42. The van der Waals surface area contributed by atoms with Crippen molar-refractivity contribution in [3.8, 4) is 0 Å². The van der Waals surface area contributed by atoms with Gasteiger partial charge in [0.2, 0.25) is 10.1 Å². The summed E-state index contributed by atoms with van der Waals surface area (Å²) >= 11 is 3.76. The zero-order chi connectivity index (χ0) is 11.1. The number of imidazole rings is 1. The molecule has 7 heteroatoms. The van der Waals surface area contributed by atoms with Crippen molar-refractivity contribution in [2.24, 2.45) is 0 Å². The van der Waals surface area contributed by atoms with Gasteiger partial charge in [0.05, 0.1) is 12.3 Å². The molecule has 3 heterocycles.